The lowest BCUT2D eigenvalue weighted by Crippen LogP contribution is -2.10. The third kappa shape index (κ3) is 5.31. The molecule has 0 saturated heterocycles. The molecule has 0 aromatic carbocycles. The van der Waals surface area contributed by atoms with Crippen molar-refractivity contribution in [2.45, 2.75) is 39.5 Å². The largest absolute Gasteiger partial charge is 0.475 e. The first-order chi connectivity index (χ1) is 8.63. The summed E-state index contributed by atoms with van der Waals surface area (Å²) in [5.41, 5.74) is 5.70. The van der Waals surface area contributed by atoms with Crippen LogP contribution in [0.15, 0.2) is 6.07 Å². The van der Waals surface area contributed by atoms with E-state index in [0.717, 1.165) is 19.4 Å². The van der Waals surface area contributed by atoms with Gasteiger partial charge in [-0.1, -0.05) is 27.2 Å². The Morgan fingerprint density at radius 2 is 2.00 bits per heavy atom. The first-order valence-corrected chi connectivity index (χ1v) is 6.48. The summed E-state index contributed by atoms with van der Waals surface area (Å²) in [4.78, 5) is 8.46. The highest BCUT2D eigenvalue weighted by Crippen LogP contribution is 2.16. The molecule has 1 heterocycles. The molecular weight excluding hydrogens is 230 g/mol. The van der Waals surface area contributed by atoms with E-state index in [4.69, 9.17) is 15.2 Å². The summed E-state index contributed by atoms with van der Waals surface area (Å²) in [6.07, 6.45) is 2.22. The Morgan fingerprint density at radius 3 is 2.67 bits per heavy atom. The molecule has 0 bridgehead atoms. The van der Waals surface area contributed by atoms with Gasteiger partial charge in [-0.05, 0) is 6.42 Å². The normalized spacial score (nSPS) is 10.9. The second-order valence-electron chi connectivity index (χ2n) is 4.46. The Labute approximate surface area is 109 Å². The molecule has 0 fully saturated rings. The molecule has 0 aliphatic carbocycles. The molecule has 0 aliphatic rings. The van der Waals surface area contributed by atoms with Crippen molar-refractivity contribution >= 4 is 5.82 Å². The molecular formula is C13H23N3O2. The van der Waals surface area contributed by atoms with E-state index in [1.165, 1.54) is 0 Å². The fourth-order valence-corrected chi connectivity index (χ4v) is 1.35. The maximum Gasteiger partial charge on any atom is 0.218 e. The number of hydrogen-bond acceptors (Lipinski definition) is 5. The lowest BCUT2D eigenvalue weighted by molar-refractivity contribution is 0.0964. The molecule has 1 aromatic rings. The lowest BCUT2D eigenvalue weighted by Gasteiger charge is -2.09. The van der Waals surface area contributed by atoms with Crippen LogP contribution < -0.4 is 10.5 Å². The van der Waals surface area contributed by atoms with Crippen LogP contribution in [0.25, 0.3) is 0 Å². The summed E-state index contributed by atoms with van der Waals surface area (Å²) in [7, 11) is 0. The third-order valence-corrected chi connectivity index (χ3v) is 2.38. The number of unbranched alkanes of at least 4 members (excludes halogenated alkanes) is 1. The highest BCUT2D eigenvalue weighted by Gasteiger charge is 2.07. The SMILES string of the molecule is CCCCOCCOc1cc(N)nc(C(C)C)n1. The summed E-state index contributed by atoms with van der Waals surface area (Å²) in [6.45, 7) is 8.01. The van der Waals surface area contributed by atoms with Gasteiger partial charge in [0.2, 0.25) is 5.88 Å². The molecule has 0 atom stereocenters. The van der Waals surface area contributed by atoms with E-state index in [-0.39, 0.29) is 5.92 Å². The fraction of sp³-hybridized carbons (Fsp3) is 0.692. The van der Waals surface area contributed by atoms with E-state index in [1.54, 1.807) is 6.07 Å². The summed E-state index contributed by atoms with van der Waals surface area (Å²) in [5.74, 6) is 1.90. The van der Waals surface area contributed by atoms with Gasteiger partial charge in [0.1, 0.15) is 18.2 Å². The van der Waals surface area contributed by atoms with Crippen LogP contribution in [0, 0.1) is 0 Å². The second-order valence-corrected chi connectivity index (χ2v) is 4.46. The zero-order valence-electron chi connectivity index (χ0n) is 11.5. The smallest absolute Gasteiger partial charge is 0.218 e. The van der Waals surface area contributed by atoms with Gasteiger partial charge in [0.05, 0.1) is 6.61 Å². The average molecular weight is 253 g/mol. The van der Waals surface area contributed by atoms with Crippen LogP contribution in [-0.2, 0) is 4.74 Å². The van der Waals surface area contributed by atoms with Crippen molar-refractivity contribution < 1.29 is 9.47 Å². The Hall–Kier alpha value is -1.36. The highest BCUT2D eigenvalue weighted by atomic mass is 16.5. The Morgan fingerprint density at radius 1 is 1.22 bits per heavy atom. The van der Waals surface area contributed by atoms with Crippen LogP contribution >= 0.6 is 0 Å². The number of anilines is 1. The van der Waals surface area contributed by atoms with Crippen molar-refractivity contribution in [3.63, 3.8) is 0 Å². The average Bonchev–Trinajstić information content (AvgIpc) is 2.33. The van der Waals surface area contributed by atoms with E-state index in [2.05, 4.69) is 16.9 Å². The minimum absolute atomic E-state index is 0.233. The van der Waals surface area contributed by atoms with Crippen LogP contribution in [0.3, 0.4) is 0 Å². The molecule has 0 radical (unpaired) electrons. The van der Waals surface area contributed by atoms with Crippen molar-refractivity contribution in [1.82, 2.24) is 9.97 Å². The zero-order chi connectivity index (χ0) is 13.4. The van der Waals surface area contributed by atoms with Gasteiger partial charge in [-0.3, -0.25) is 0 Å². The summed E-state index contributed by atoms with van der Waals surface area (Å²) in [5, 5.41) is 0. The summed E-state index contributed by atoms with van der Waals surface area (Å²) >= 11 is 0. The standard InChI is InChI=1S/C13H23N3O2/c1-4-5-6-17-7-8-18-12-9-11(14)15-13(16-12)10(2)3/h9-10H,4-8H2,1-3H3,(H2,14,15,16). The van der Waals surface area contributed by atoms with Crippen LogP contribution in [0.2, 0.25) is 0 Å². The number of hydrogen-bond donors (Lipinski definition) is 1. The number of aromatic nitrogens is 2. The van der Waals surface area contributed by atoms with Crippen molar-refractivity contribution in [3.8, 4) is 5.88 Å². The first-order valence-electron chi connectivity index (χ1n) is 6.48. The molecule has 5 heteroatoms. The van der Waals surface area contributed by atoms with Gasteiger partial charge >= 0.3 is 0 Å². The molecule has 2 N–H and O–H groups in total. The number of nitrogens with two attached hydrogens (primary N) is 1. The predicted molar refractivity (Wildman–Crippen MR) is 71.8 cm³/mol. The van der Waals surface area contributed by atoms with Gasteiger partial charge in [0.25, 0.3) is 0 Å². The number of ether oxygens (including phenoxy) is 2. The van der Waals surface area contributed by atoms with Crippen molar-refractivity contribution in [2.75, 3.05) is 25.6 Å². The Balaban J connectivity index is 2.37. The Bertz CT molecular complexity index is 356. The maximum atomic E-state index is 5.70. The molecule has 0 saturated carbocycles. The van der Waals surface area contributed by atoms with Crippen LogP contribution in [0.4, 0.5) is 5.82 Å². The van der Waals surface area contributed by atoms with Crippen LogP contribution in [-0.4, -0.2) is 29.8 Å². The van der Waals surface area contributed by atoms with Crippen LogP contribution in [0.1, 0.15) is 45.4 Å². The van der Waals surface area contributed by atoms with E-state index < -0.39 is 0 Å². The van der Waals surface area contributed by atoms with E-state index in [0.29, 0.717) is 30.7 Å². The number of nitrogen functional groups attached to an aromatic ring is 1. The monoisotopic (exact) mass is 253 g/mol. The van der Waals surface area contributed by atoms with Crippen molar-refractivity contribution in [2.24, 2.45) is 0 Å². The molecule has 18 heavy (non-hydrogen) atoms. The molecule has 0 amide bonds. The molecule has 102 valence electrons. The molecule has 1 rings (SSSR count). The van der Waals surface area contributed by atoms with Gasteiger partial charge < -0.3 is 15.2 Å². The predicted octanol–water partition coefficient (Wildman–Crippen LogP) is 2.38. The quantitative estimate of drug-likeness (QED) is 0.720. The van der Waals surface area contributed by atoms with Crippen molar-refractivity contribution in [3.05, 3.63) is 11.9 Å². The van der Waals surface area contributed by atoms with E-state index in [9.17, 15) is 0 Å². The number of rotatable bonds is 8. The fourth-order valence-electron chi connectivity index (χ4n) is 1.35. The van der Waals surface area contributed by atoms with Gasteiger partial charge in [-0.25, -0.2) is 4.98 Å². The van der Waals surface area contributed by atoms with Gasteiger partial charge in [-0.2, -0.15) is 4.98 Å². The third-order valence-electron chi connectivity index (χ3n) is 2.38. The molecule has 0 spiro atoms. The summed E-state index contributed by atoms with van der Waals surface area (Å²) in [6, 6.07) is 1.64. The van der Waals surface area contributed by atoms with Crippen LogP contribution in [0.5, 0.6) is 5.88 Å². The lowest BCUT2D eigenvalue weighted by atomic mass is 10.2. The van der Waals surface area contributed by atoms with E-state index >= 15 is 0 Å². The van der Waals surface area contributed by atoms with Gasteiger partial charge in [0, 0.05) is 18.6 Å². The molecule has 0 unspecified atom stereocenters. The first kappa shape index (κ1) is 14.7. The Kier molecular flexibility index (Phi) is 6.43. The van der Waals surface area contributed by atoms with Gasteiger partial charge in [0.15, 0.2) is 0 Å². The minimum Gasteiger partial charge on any atom is -0.475 e. The second kappa shape index (κ2) is 7.87. The number of nitrogens with zero attached hydrogens (tertiary/aromatic N) is 2. The van der Waals surface area contributed by atoms with Crippen molar-refractivity contribution in [1.29, 1.82) is 0 Å². The zero-order valence-corrected chi connectivity index (χ0v) is 11.5. The topological polar surface area (TPSA) is 70.3 Å². The highest BCUT2D eigenvalue weighted by molar-refractivity contribution is 5.33. The molecule has 1 aromatic heterocycles. The maximum absolute atomic E-state index is 5.70. The summed E-state index contributed by atoms with van der Waals surface area (Å²) < 4.78 is 10.9. The molecule has 0 aliphatic heterocycles. The molecule has 5 nitrogen and oxygen atoms in total. The van der Waals surface area contributed by atoms with E-state index in [1.807, 2.05) is 13.8 Å². The minimum atomic E-state index is 0.233. The van der Waals surface area contributed by atoms with Gasteiger partial charge in [-0.15, -0.1) is 0 Å².